The summed E-state index contributed by atoms with van der Waals surface area (Å²) in [5, 5.41) is 14.7. The minimum absolute atomic E-state index is 0.109. The SMILES string of the molecule is C[C@H](NC(=O)c1ccccc1Cl)C(=O)Nc1cccc(CO)c1. The highest BCUT2D eigenvalue weighted by Gasteiger charge is 2.18. The van der Waals surface area contributed by atoms with Crippen LogP contribution in [0.5, 0.6) is 0 Å². The molecule has 0 aliphatic heterocycles. The van der Waals surface area contributed by atoms with E-state index in [4.69, 9.17) is 16.7 Å². The third kappa shape index (κ3) is 4.55. The van der Waals surface area contributed by atoms with Gasteiger partial charge in [0.1, 0.15) is 6.04 Å². The Kier molecular flexibility index (Phi) is 5.73. The Bertz CT molecular complexity index is 718. The predicted octanol–water partition coefficient (Wildman–Crippen LogP) is 2.59. The van der Waals surface area contributed by atoms with Crippen LogP contribution in [0.15, 0.2) is 48.5 Å². The van der Waals surface area contributed by atoms with Gasteiger partial charge in [0.15, 0.2) is 0 Å². The molecule has 0 saturated carbocycles. The number of aliphatic hydroxyl groups excluding tert-OH is 1. The van der Waals surface area contributed by atoms with Crippen LogP contribution in [-0.2, 0) is 11.4 Å². The minimum atomic E-state index is -0.739. The van der Waals surface area contributed by atoms with Crippen molar-refractivity contribution in [2.75, 3.05) is 5.32 Å². The zero-order valence-electron chi connectivity index (χ0n) is 12.5. The van der Waals surface area contributed by atoms with E-state index in [0.717, 1.165) is 0 Å². The topological polar surface area (TPSA) is 78.4 Å². The van der Waals surface area contributed by atoms with E-state index < -0.39 is 11.9 Å². The number of carbonyl (C=O) groups is 2. The summed E-state index contributed by atoms with van der Waals surface area (Å²) in [6.07, 6.45) is 0. The van der Waals surface area contributed by atoms with Crippen LogP contribution in [0, 0.1) is 0 Å². The molecule has 0 fully saturated rings. The average Bonchev–Trinajstić information content (AvgIpc) is 2.55. The highest BCUT2D eigenvalue weighted by molar-refractivity contribution is 6.33. The molecule has 2 rings (SSSR count). The van der Waals surface area contributed by atoms with Gasteiger partial charge in [-0.3, -0.25) is 9.59 Å². The van der Waals surface area contributed by atoms with Crippen molar-refractivity contribution in [1.82, 2.24) is 5.32 Å². The van der Waals surface area contributed by atoms with E-state index >= 15 is 0 Å². The molecule has 2 amide bonds. The van der Waals surface area contributed by atoms with Gasteiger partial charge in [0.05, 0.1) is 17.2 Å². The van der Waals surface area contributed by atoms with Crippen LogP contribution in [0.2, 0.25) is 5.02 Å². The molecule has 6 heteroatoms. The van der Waals surface area contributed by atoms with Crippen LogP contribution >= 0.6 is 11.6 Å². The Morgan fingerprint density at radius 3 is 2.61 bits per heavy atom. The molecule has 0 heterocycles. The van der Waals surface area contributed by atoms with Crippen molar-refractivity contribution in [2.45, 2.75) is 19.6 Å². The standard InChI is InChI=1S/C17H17ClN2O3/c1-11(19-17(23)14-7-2-3-8-15(14)18)16(22)20-13-6-4-5-12(9-13)10-21/h2-9,11,21H,10H2,1H3,(H,19,23)(H,20,22)/t11-/m0/s1. The molecule has 5 nitrogen and oxygen atoms in total. The molecule has 2 aromatic carbocycles. The molecule has 2 aromatic rings. The number of halogens is 1. The number of anilines is 1. The second-order valence-electron chi connectivity index (χ2n) is 5.02. The molecule has 120 valence electrons. The van der Waals surface area contributed by atoms with Crippen molar-refractivity contribution in [1.29, 1.82) is 0 Å². The van der Waals surface area contributed by atoms with Gasteiger partial charge in [-0.15, -0.1) is 0 Å². The Hall–Kier alpha value is -2.37. The second kappa shape index (κ2) is 7.76. The zero-order valence-corrected chi connectivity index (χ0v) is 13.3. The number of amides is 2. The van der Waals surface area contributed by atoms with Crippen molar-refractivity contribution >= 4 is 29.1 Å². The summed E-state index contributed by atoms with van der Waals surface area (Å²) in [4.78, 5) is 24.3. The highest BCUT2D eigenvalue weighted by Crippen LogP contribution is 2.15. The number of carbonyl (C=O) groups excluding carboxylic acids is 2. The van der Waals surface area contributed by atoms with Crippen molar-refractivity contribution < 1.29 is 14.7 Å². The molecule has 0 spiro atoms. The number of nitrogens with one attached hydrogen (secondary N) is 2. The summed E-state index contributed by atoms with van der Waals surface area (Å²) in [5.74, 6) is -0.775. The molecule has 0 aromatic heterocycles. The number of hydrogen-bond acceptors (Lipinski definition) is 3. The van der Waals surface area contributed by atoms with Gasteiger partial charge in [-0.2, -0.15) is 0 Å². The number of aliphatic hydroxyl groups is 1. The van der Waals surface area contributed by atoms with E-state index in [1.165, 1.54) is 0 Å². The van der Waals surface area contributed by atoms with Crippen LogP contribution in [-0.4, -0.2) is 23.0 Å². The molecular formula is C17H17ClN2O3. The minimum Gasteiger partial charge on any atom is -0.392 e. The maximum Gasteiger partial charge on any atom is 0.253 e. The van der Waals surface area contributed by atoms with Gasteiger partial charge >= 0.3 is 0 Å². The lowest BCUT2D eigenvalue weighted by Crippen LogP contribution is -2.41. The van der Waals surface area contributed by atoms with Crippen LogP contribution in [0.1, 0.15) is 22.8 Å². The smallest absolute Gasteiger partial charge is 0.253 e. The fourth-order valence-electron chi connectivity index (χ4n) is 1.98. The van der Waals surface area contributed by atoms with Gasteiger partial charge in [-0.25, -0.2) is 0 Å². The lowest BCUT2D eigenvalue weighted by Gasteiger charge is -2.15. The van der Waals surface area contributed by atoms with Gasteiger partial charge < -0.3 is 15.7 Å². The van der Waals surface area contributed by atoms with E-state index in [0.29, 0.717) is 21.8 Å². The van der Waals surface area contributed by atoms with Gasteiger partial charge in [0.25, 0.3) is 5.91 Å². The van der Waals surface area contributed by atoms with Crippen LogP contribution in [0.4, 0.5) is 5.69 Å². The third-order valence-corrected chi connectivity index (χ3v) is 3.57. The summed E-state index contributed by atoms with van der Waals surface area (Å²) in [6.45, 7) is 1.47. The van der Waals surface area contributed by atoms with E-state index in [1.807, 2.05) is 0 Å². The second-order valence-corrected chi connectivity index (χ2v) is 5.43. The predicted molar refractivity (Wildman–Crippen MR) is 89.4 cm³/mol. The van der Waals surface area contributed by atoms with E-state index in [1.54, 1.807) is 55.5 Å². The molecule has 23 heavy (non-hydrogen) atoms. The summed E-state index contributed by atoms with van der Waals surface area (Å²) >= 11 is 5.96. The first-order chi connectivity index (χ1) is 11.0. The maximum atomic E-state index is 12.1. The normalized spacial score (nSPS) is 11.6. The third-order valence-electron chi connectivity index (χ3n) is 3.24. The first kappa shape index (κ1) is 17.0. The van der Waals surface area contributed by atoms with Gasteiger partial charge in [-0.1, -0.05) is 35.9 Å². The quantitative estimate of drug-likeness (QED) is 0.787. The summed E-state index contributed by atoms with van der Waals surface area (Å²) in [5.41, 5.74) is 1.56. The van der Waals surface area contributed by atoms with Crippen LogP contribution in [0.3, 0.4) is 0 Å². The number of hydrogen-bond donors (Lipinski definition) is 3. The monoisotopic (exact) mass is 332 g/mol. The van der Waals surface area contributed by atoms with Gasteiger partial charge in [-0.05, 0) is 36.8 Å². The van der Waals surface area contributed by atoms with E-state index in [-0.39, 0.29) is 12.5 Å². The number of benzene rings is 2. The molecule has 0 radical (unpaired) electrons. The Balaban J connectivity index is 1.99. The molecule has 0 aliphatic carbocycles. The average molecular weight is 333 g/mol. The highest BCUT2D eigenvalue weighted by atomic mass is 35.5. The Morgan fingerprint density at radius 1 is 1.17 bits per heavy atom. The van der Waals surface area contributed by atoms with Crippen molar-refractivity contribution in [2.24, 2.45) is 0 Å². The zero-order chi connectivity index (χ0) is 16.8. The van der Waals surface area contributed by atoms with Crippen LogP contribution < -0.4 is 10.6 Å². The largest absolute Gasteiger partial charge is 0.392 e. The summed E-state index contributed by atoms with van der Waals surface area (Å²) in [6, 6.07) is 12.7. The molecule has 0 unspecified atom stereocenters. The van der Waals surface area contributed by atoms with E-state index in [2.05, 4.69) is 10.6 Å². The molecule has 0 bridgehead atoms. The first-order valence-electron chi connectivity index (χ1n) is 7.07. The molecule has 0 saturated heterocycles. The van der Waals surface area contributed by atoms with Crippen molar-refractivity contribution in [3.05, 3.63) is 64.7 Å². The summed E-state index contributed by atoms with van der Waals surface area (Å²) < 4.78 is 0. The first-order valence-corrected chi connectivity index (χ1v) is 7.45. The fraction of sp³-hybridized carbons (Fsp3) is 0.176. The molecular weight excluding hydrogens is 316 g/mol. The summed E-state index contributed by atoms with van der Waals surface area (Å²) in [7, 11) is 0. The molecule has 0 aliphatic rings. The Morgan fingerprint density at radius 2 is 1.91 bits per heavy atom. The fourth-order valence-corrected chi connectivity index (χ4v) is 2.20. The lowest BCUT2D eigenvalue weighted by molar-refractivity contribution is -0.117. The lowest BCUT2D eigenvalue weighted by atomic mass is 10.2. The maximum absolute atomic E-state index is 12.1. The van der Waals surface area contributed by atoms with Crippen LogP contribution in [0.25, 0.3) is 0 Å². The van der Waals surface area contributed by atoms with Crippen molar-refractivity contribution in [3.63, 3.8) is 0 Å². The number of rotatable bonds is 5. The Labute approximate surface area is 139 Å². The van der Waals surface area contributed by atoms with E-state index in [9.17, 15) is 9.59 Å². The van der Waals surface area contributed by atoms with Gasteiger partial charge in [0.2, 0.25) is 5.91 Å². The van der Waals surface area contributed by atoms with Crippen molar-refractivity contribution in [3.8, 4) is 0 Å². The molecule has 1 atom stereocenters. The molecule has 3 N–H and O–H groups in total. The van der Waals surface area contributed by atoms with Gasteiger partial charge in [0, 0.05) is 5.69 Å².